The summed E-state index contributed by atoms with van der Waals surface area (Å²) < 4.78 is 0. The highest BCUT2D eigenvalue weighted by Crippen LogP contribution is 1.92. The first kappa shape index (κ1) is 16.2. The molecule has 0 aromatic carbocycles. The Kier molecular flexibility index (Phi) is 8.22. The summed E-state index contributed by atoms with van der Waals surface area (Å²) in [5, 5.41) is 33.2. The third-order valence-corrected chi connectivity index (χ3v) is 1.44. The zero-order valence-electron chi connectivity index (χ0n) is 8.77. The van der Waals surface area contributed by atoms with Crippen LogP contribution >= 0.6 is 0 Å². The van der Waals surface area contributed by atoms with Crippen LogP contribution in [0.5, 0.6) is 0 Å². The smallest absolute Gasteiger partial charge is 0.0631 e. The fourth-order valence-electron chi connectivity index (χ4n) is 0.1000. The Labute approximate surface area is 84.2 Å². The van der Waals surface area contributed by atoms with Crippen LogP contribution in [0.4, 0.5) is 0 Å². The number of aliphatic hydroxyl groups excluding tert-OH is 4. The Hall–Kier alpha value is -0.240. The second kappa shape index (κ2) is 7.10. The van der Waals surface area contributed by atoms with Crippen molar-refractivity contribution in [3.63, 3.8) is 0 Å². The Morgan fingerprint density at radius 1 is 0.714 bits per heavy atom. The first-order valence-corrected chi connectivity index (χ1v) is 4.26. The van der Waals surface area contributed by atoms with Crippen molar-refractivity contribution in [3.05, 3.63) is 0 Å². The molecule has 0 unspecified atom stereocenters. The third-order valence-electron chi connectivity index (χ3n) is 1.44. The van der Waals surface area contributed by atoms with Crippen molar-refractivity contribution in [1.82, 2.24) is 0 Å². The lowest BCUT2D eigenvalue weighted by Gasteiger charge is -2.16. The van der Waals surface area contributed by atoms with E-state index in [4.69, 9.17) is 31.9 Å². The van der Waals surface area contributed by atoms with E-state index >= 15 is 0 Å². The number of nitrogens with two attached hydrogens (primary N) is 2. The van der Waals surface area contributed by atoms with Crippen LogP contribution in [0.25, 0.3) is 0 Å². The van der Waals surface area contributed by atoms with Crippen LogP contribution < -0.4 is 11.5 Å². The topological polar surface area (TPSA) is 133 Å². The largest absolute Gasteiger partial charge is 0.394 e. The van der Waals surface area contributed by atoms with Gasteiger partial charge < -0.3 is 31.9 Å². The van der Waals surface area contributed by atoms with Crippen molar-refractivity contribution in [1.29, 1.82) is 0 Å². The van der Waals surface area contributed by atoms with Crippen LogP contribution in [0, 0.1) is 0 Å². The van der Waals surface area contributed by atoms with Gasteiger partial charge in [0, 0.05) is 0 Å². The molecule has 14 heavy (non-hydrogen) atoms. The molecule has 0 radical (unpaired) electrons. The maximum Gasteiger partial charge on any atom is 0.0631 e. The highest BCUT2D eigenvalue weighted by molar-refractivity contribution is 4.75. The van der Waals surface area contributed by atoms with E-state index in [0.717, 1.165) is 0 Å². The number of aliphatic hydroxyl groups is 4. The van der Waals surface area contributed by atoms with Gasteiger partial charge in [0.2, 0.25) is 0 Å². The van der Waals surface area contributed by atoms with Crippen molar-refractivity contribution < 1.29 is 20.4 Å². The van der Waals surface area contributed by atoms with E-state index in [1.165, 1.54) is 0 Å². The number of hydrogen-bond donors (Lipinski definition) is 6. The molecule has 88 valence electrons. The van der Waals surface area contributed by atoms with Crippen LogP contribution in [0.3, 0.4) is 0 Å². The van der Waals surface area contributed by atoms with Gasteiger partial charge in [0.05, 0.1) is 37.5 Å². The normalized spacial score (nSPS) is 12.0. The van der Waals surface area contributed by atoms with E-state index in [1.807, 2.05) is 0 Å². The molecule has 6 nitrogen and oxygen atoms in total. The first-order valence-electron chi connectivity index (χ1n) is 4.26. The number of rotatable bonds is 4. The molecular formula is C8H22N2O4. The number of hydrogen-bond acceptors (Lipinski definition) is 6. The molecule has 8 N–H and O–H groups in total. The summed E-state index contributed by atoms with van der Waals surface area (Å²) in [4.78, 5) is 0. The van der Waals surface area contributed by atoms with Gasteiger partial charge in [0.15, 0.2) is 0 Å². The van der Waals surface area contributed by atoms with Crippen molar-refractivity contribution in [3.8, 4) is 0 Å². The molecule has 0 saturated carbocycles. The van der Waals surface area contributed by atoms with Crippen molar-refractivity contribution in [2.75, 3.05) is 26.4 Å². The van der Waals surface area contributed by atoms with E-state index in [2.05, 4.69) is 0 Å². The molecule has 0 aromatic rings. The first-order chi connectivity index (χ1) is 6.24. The second-order valence-electron chi connectivity index (χ2n) is 3.94. The molecule has 0 amide bonds. The maximum absolute atomic E-state index is 8.31. The third kappa shape index (κ3) is 9.85. The predicted molar refractivity (Wildman–Crippen MR) is 53.5 cm³/mol. The molecule has 0 atom stereocenters. The minimum absolute atomic E-state index is 0.177. The summed E-state index contributed by atoms with van der Waals surface area (Å²) in [6.07, 6.45) is 0. The molecule has 6 heteroatoms. The monoisotopic (exact) mass is 210 g/mol. The predicted octanol–water partition coefficient (Wildman–Crippen LogP) is -2.62. The second-order valence-corrected chi connectivity index (χ2v) is 3.94. The lowest BCUT2D eigenvalue weighted by Crippen LogP contribution is -2.43. The molecule has 0 fully saturated rings. The Bertz CT molecular complexity index is 111. The summed E-state index contributed by atoms with van der Waals surface area (Å²) in [6, 6.07) is 0. The Balaban J connectivity index is 0. The van der Waals surface area contributed by atoms with Crippen LogP contribution in [0.1, 0.15) is 13.8 Å². The van der Waals surface area contributed by atoms with E-state index in [1.54, 1.807) is 13.8 Å². The molecule has 0 saturated heterocycles. The molecule has 0 bridgehead atoms. The van der Waals surface area contributed by atoms with Gasteiger partial charge in [0.25, 0.3) is 0 Å². The van der Waals surface area contributed by atoms with Crippen LogP contribution in [-0.4, -0.2) is 57.9 Å². The van der Waals surface area contributed by atoms with Gasteiger partial charge in [-0.25, -0.2) is 0 Å². The molecule has 0 aromatic heterocycles. The van der Waals surface area contributed by atoms with Crippen LogP contribution in [0.15, 0.2) is 0 Å². The van der Waals surface area contributed by atoms with Gasteiger partial charge in [0.1, 0.15) is 0 Å². The van der Waals surface area contributed by atoms with E-state index in [0.29, 0.717) is 0 Å². The van der Waals surface area contributed by atoms with Gasteiger partial charge in [-0.2, -0.15) is 0 Å². The quantitative estimate of drug-likeness (QED) is 0.301. The Morgan fingerprint density at radius 2 is 0.857 bits per heavy atom. The standard InChI is InChI=1S/2C4H11NO2/c2*1-4(5,2-6)3-7/h2*6-7H,2-3,5H2,1H3. The molecule has 0 aliphatic rings. The molecule has 0 spiro atoms. The summed E-state index contributed by atoms with van der Waals surface area (Å²) in [6.45, 7) is 2.44. The average molecular weight is 210 g/mol. The van der Waals surface area contributed by atoms with Crippen molar-refractivity contribution in [2.45, 2.75) is 24.9 Å². The van der Waals surface area contributed by atoms with E-state index in [9.17, 15) is 0 Å². The van der Waals surface area contributed by atoms with Crippen molar-refractivity contribution in [2.24, 2.45) is 11.5 Å². The van der Waals surface area contributed by atoms with Gasteiger partial charge >= 0.3 is 0 Å². The summed E-state index contributed by atoms with van der Waals surface area (Å²) in [5.41, 5.74) is 8.82. The average Bonchev–Trinajstić information content (AvgIpc) is 2.19. The minimum Gasteiger partial charge on any atom is -0.394 e. The van der Waals surface area contributed by atoms with Crippen LogP contribution in [0.2, 0.25) is 0 Å². The van der Waals surface area contributed by atoms with Gasteiger partial charge in [-0.3, -0.25) is 0 Å². The zero-order chi connectivity index (χ0) is 11.8. The highest BCUT2D eigenvalue weighted by Gasteiger charge is 2.14. The lowest BCUT2D eigenvalue weighted by atomic mass is 10.1. The molecule has 0 rings (SSSR count). The van der Waals surface area contributed by atoms with Gasteiger partial charge in [-0.05, 0) is 13.8 Å². The summed E-state index contributed by atoms with van der Waals surface area (Å²) in [5.74, 6) is 0. The van der Waals surface area contributed by atoms with Gasteiger partial charge in [-0.1, -0.05) is 0 Å². The molecule has 0 aliphatic heterocycles. The minimum atomic E-state index is -0.806. The molecule has 0 aliphatic carbocycles. The summed E-state index contributed by atoms with van der Waals surface area (Å²) >= 11 is 0. The van der Waals surface area contributed by atoms with Crippen LogP contribution in [-0.2, 0) is 0 Å². The van der Waals surface area contributed by atoms with Crippen molar-refractivity contribution >= 4 is 0 Å². The van der Waals surface area contributed by atoms with E-state index < -0.39 is 11.1 Å². The SMILES string of the molecule is CC(N)(CO)CO.CC(N)(CO)CO. The maximum atomic E-state index is 8.31. The molecular weight excluding hydrogens is 188 g/mol. The Morgan fingerprint density at radius 3 is 0.857 bits per heavy atom. The summed E-state index contributed by atoms with van der Waals surface area (Å²) in [7, 11) is 0. The highest BCUT2D eigenvalue weighted by atomic mass is 16.3. The zero-order valence-corrected chi connectivity index (χ0v) is 8.77. The fourth-order valence-corrected chi connectivity index (χ4v) is 0.1000. The van der Waals surface area contributed by atoms with Gasteiger partial charge in [-0.15, -0.1) is 0 Å². The molecule has 0 heterocycles. The lowest BCUT2D eigenvalue weighted by molar-refractivity contribution is 0.134. The van der Waals surface area contributed by atoms with E-state index in [-0.39, 0.29) is 26.4 Å². The fraction of sp³-hybridized carbons (Fsp3) is 1.00.